The minimum atomic E-state index is -1.12. The van der Waals surface area contributed by atoms with Crippen LogP contribution in [-0.2, 0) is 24.0 Å². The number of rotatable bonds is 12. The molecule has 2 heterocycles. The van der Waals surface area contributed by atoms with Crippen LogP contribution in [0.25, 0.3) is 5.70 Å². The number of ketones is 1. The summed E-state index contributed by atoms with van der Waals surface area (Å²) in [7, 11) is 0. The average Bonchev–Trinajstić information content (AvgIpc) is 3.67. The molecule has 13 heteroatoms. The highest BCUT2D eigenvalue weighted by Crippen LogP contribution is 2.39. The lowest BCUT2D eigenvalue weighted by Crippen LogP contribution is -2.60. The third-order valence-corrected chi connectivity index (χ3v) is 9.46. The molecular formula is C37H47ClN6O6. The van der Waals surface area contributed by atoms with Gasteiger partial charge in [-0.15, -0.1) is 0 Å². The molecule has 5 amide bonds. The number of carbonyl (C=O) groups excluding carboxylic acids is 5. The van der Waals surface area contributed by atoms with E-state index in [9.17, 15) is 24.0 Å². The molecule has 0 bridgehead atoms. The Labute approximate surface area is 298 Å². The molecule has 0 unspecified atom stereocenters. The monoisotopic (exact) mass is 706 g/mol. The number of hydroxylamine groups is 1. The molecule has 5 atom stereocenters. The topological polar surface area (TPSA) is 158 Å². The summed E-state index contributed by atoms with van der Waals surface area (Å²) in [5.74, 6) is -2.54. The number of nitrogens with one attached hydrogen (secondary N) is 5. The number of nitrogens with zero attached hydrogens (tertiary/aromatic N) is 1. The SMILES string of the molecule is CCC[C@H](NC(=O)[C@@H]1C[C@]2(C=C(c3cccc(Cl)c3)NO2)CN1C(=O)[C@@H](NC(=O)N[C@@H](C)c1ccccc1)C(C)(C)C)C(=O)C(=O)NC1CC1. The smallest absolute Gasteiger partial charge is 0.315 e. The van der Waals surface area contributed by atoms with E-state index < -0.39 is 58.7 Å². The molecule has 0 radical (unpaired) electrons. The molecule has 12 nitrogen and oxygen atoms in total. The van der Waals surface area contributed by atoms with Crippen LogP contribution in [0.15, 0.2) is 60.7 Å². The molecule has 2 fully saturated rings. The number of hydrogen-bond donors (Lipinski definition) is 5. The van der Waals surface area contributed by atoms with E-state index in [-0.39, 0.29) is 31.5 Å². The van der Waals surface area contributed by atoms with Crippen LogP contribution in [-0.4, -0.2) is 70.7 Å². The highest BCUT2D eigenvalue weighted by molar-refractivity contribution is 6.38. The van der Waals surface area contributed by atoms with Crippen molar-refractivity contribution in [2.24, 2.45) is 5.41 Å². The Kier molecular flexibility index (Phi) is 11.2. The van der Waals surface area contributed by atoms with E-state index in [0.717, 1.165) is 24.0 Å². The van der Waals surface area contributed by atoms with Gasteiger partial charge in [-0.05, 0) is 55.4 Å². The zero-order valence-electron chi connectivity index (χ0n) is 29.2. The van der Waals surface area contributed by atoms with Gasteiger partial charge in [-0.3, -0.25) is 29.5 Å². The lowest BCUT2D eigenvalue weighted by molar-refractivity contribution is -0.144. The van der Waals surface area contributed by atoms with Gasteiger partial charge in [0.1, 0.15) is 17.7 Å². The normalized spacial score (nSPS) is 21.8. The van der Waals surface area contributed by atoms with Gasteiger partial charge in [0.05, 0.1) is 24.3 Å². The molecule has 1 saturated carbocycles. The van der Waals surface area contributed by atoms with Crippen molar-refractivity contribution in [3.63, 3.8) is 0 Å². The molecule has 1 aliphatic carbocycles. The zero-order chi connectivity index (χ0) is 36.2. The number of urea groups is 1. The molecule has 3 aliphatic rings. The first-order valence-electron chi connectivity index (χ1n) is 17.2. The third-order valence-electron chi connectivity index (χ3n) is 9.23. The van der Waals surface area contributed by atoms with Crippen molar-refractivity contribution in [2.75, 3.05) is 6.54 Å². The molecule has 1 spiro atoms. The first-order chi connectivity index (χ1) is 23.7. The van der Waals surface area contributed by atoms with Crippen molar-refractivity contribution in [1.82, 2.24) is 31.6 Å². The molecule has 268 valence electrons. The summed E-state index contributed by atoms with van der Waals surface area (Å²) < 4.78 is 0. The second-order valence-electron chi connectivity index (χ2n) is 14.5. The summed E-state index contributed by atoms with van der Waals surface area (Å²) in [5.41, 5.74) is 3.34. The molecule has 2 aromatic carbocycles. The van der Waals surface area contributed by atoms with Crippen LogP contribution in [0.5, 0.6) is 0 Å². The molecule has 2 aromatic rings. The summed E-state index contributed by atoms with van der Waals surface area (Å²) >= 11 is 6.24. The van der Waals surface area contributed by atoms with Crippen molar-refractivity contribution in [3.8, 4) is 0 Å². The molecule has 2 aliphatic heterocycles. The third kappa shape index (κ3) is 8.83. The first-order valence-corrected chi connectivity index (χ1v) is 17.6. The largest absolute Gasteiger partial charge is 0.347 e. The molecule has 50 heavy (non-hydrogen) atoms. The fourth-order valence-electron chi connectivity index (χ4n) is 6.30. The summed E-state index contributed by atoms with van der Waals surface area (Å²) in [4.78, 5) is 75.4. The lowest BCUT2D eigenvalue weighted by atomic mass is 9.85. The van der Waals surface area contributed by atoms with Crippen LogP contribution in [0, 0.1) is 5.41 Å². The lowest BCUT2D eigenvalue weighted by Gasteiger charge is -2.36. The number of Topliss-reactive ketones (excluding diaryl/α,β-unsaturated/α-hetero) is 1. The number of benzene rings is 2. The minimum absolute atomic E-state index is 0.0190. The van der Waals surface area contributed by atoms with Gasteiger partial charge in [0.15, 0.2) is 0 Å². The quantitative estimate of drug-likeness (QED) is 0.208. The van der Waals surface area contributed by atoms with Gasteiger partial charge >= 0.3 is 6.03 Å². The fraction of sp³-hybridized carbons (Fsp3) is 0.486. The van der Waals surface area contributed by atoms with E-state index >= 15 is 0 Å². The van der Waals surface area contributed by atoms with E-state index in [1.165, 1.54) is 4.90 Å². The van der Waals surface area contributed by atoms with E-state index in [1.54, 1.807) is 18.2 Å². The molecule has 1 saturated heterocycles. The fourth-order valence-corrected chi connectivity index (χ4v) is 6.49. The maximum atomic E-state index is 14.6. The van der Waals surface area contributed by atoms with Gasteiger partial charge in [-0.2, -0.15) is 0 Å². The molecule has 5 N–H and O–H groups in total. The second kappa shape index (κ2) is 15.2. The van der Waals surface area contributed by atoms with Crippen molar-refractivity contribution in [1.29, 1.82) is 0 Å². The Morgan fingerprint density at radius 2 is 1.74 bits per heavy atom. The maximum Gasteiger partial charge on any atom is 0.315 e. The summed E-state index contributed by atoms with van der Waals surface area (Å²) in [6.45, 7) is 9.17. The van der Waals surface area contributed by atoms with E-state index in [4.69, 9.17) is 16.4 Å². The average molecular weight is 707 g/mol. The van der Waals surface area contributed by atoms with Crippen molar-refractivity contribution >= 4 is 46.8 Å². The Hall–Kier alpha value is -4.42. The number of halogens is 1. The van der Waals surface area contributed by atoms with Crippen LogP contribution in [0.2, 0.25) is 5.02 Å². The molecule has 5 rings (SSSR count). The van der Waals surface area contributed by atoms with Crippen LogP contribution >= 0.6 is 11.6 Å². The van der Waals surface area contributed by atoms with Crippen molar-refractivity contribution in [2.45, 2.75) is 103 Å². The standard InChI is InChI=1S/C37H47ClN6O6/c1-6-11-27(30(45)33(47)40-26-16-17-26)41-32(46)29-20-37(19-28(43-50-37)24-14-10-15-25(38)18-24)21-44(29)34(48)31(36(3,4)5)42-35(49)39-22(2)23-12-8-7-9-13-23/h7-10,12-15,18-19,22,26-27,29,31,43H,6,11,16-17,20-21H2,1-5H3,(H,40,47)(H,41,46)(H2,39,42,49)/t22-,27-,29-,31+,37+/m0/s1. The minimum Gasteiger partial charge on any atom is -0.347 e. The highest BCUT2D eigenvalue weighted by Gasteiger charge is 2.54. The first kappa shape index (κ1) is 36.9. The Bertz CT molecular complexity index is 1640. The number of carbonyl (C=O) groups is 5. The highest BCUT2D eigenvalue weighted by atomic mass is 35.5. The van der Waals surface area contributed by atoms with Gasteiger partial charge < -0.3 is 26.2 Å². The van der Waals surface area contributed by atoms with Crippen molar-refractivity contribution in [3.05, 3.63) is 76.8 Å². The zero-order valence-corrected chi connectivity index (χ0v) is 29.9. The van der Waals surface area contributed by atoms with Crippen LogP contribution < -0.4 is 26.7 Å². The van der Waals surface area contributed by atoms with Gasteiger partial charge in [0.2, 0.25) is 17.6 Å². The molecule has 0 aromatic heterocycles. The summed E-state index contributed by atoms with van der Waals surface area (Å²) in [5, 5.41) is 11.8. The van der Waals surface area contributed by atoms with Crippen LogP contribution in [0.4, 0.5) is 4.79 Å². The number of likely N-dealkylation sites (tertiary alicyclic amines) is 1. The molecular weight excluding hydrogens is 660 g/mol. The van der Waals surface area contributed by atoms with E-state index in [1.807, 2.05) is 77.1 Å². The summed E-state index contributed by atoms with van der Waals surface area (Å²) in [6, 6.07) is 12.5. The van der Waals surface area contributed by atoms with Gasteiger partial charge in [0.25, 0.3) is 5.91 Å². The predicted octanol–water partition coefficient (Wildman–Crippen LogP) is 4.16. The van der Waals surface area contributed by atoms with Gasteiger partial charge in [-0.25, -0.2) is 4.79 Å². The van der Waals surface area contributed by atoms with Crippen LogP contribution in [0.1, 0.15) is 83.9 Å². The maximum absolute atomic E-state index is 14.6. The number of hydrogen-bond acceptors (Lipinski definition) is 7. The Morgan fingerprint density at radius 1 is 1.02 bits per heavy atom. The number of amides is 5. The van der Waals surface area contributed by atoms with E-state index in [2.05, 4.69) is 26.7 Å². The van der Waals surface area contributed by atoms with Gasteiger partial charge in [-0.1, -0.05) is 88.2 Å². The van der Waals surface area contributed by atoms with Crippen molar-refractivity contribution < 1.29 is 28.8 Å². The Balaban J connectivity index is 1.41. The second-order valence-corrected chi connectivity index (χ2v) is 15.0. The van der Waals surface area contributed by atoms with E-state index in [0.29, 0.717) is 17.1 Å². The van der Waals surface area contributed by atoms with Crippen LogP contribution in [0.3, 0.4) is 0 Å². The predicted molar refractivity (Wildman–Crippen MR) is 189 cm³/mol. The Morgan fingerprint density at radius 3 is 2.38 bits per heavy atom. The van der Waals surface area contributed by atoms with Gasteiger partial charge in [0, 0.05) is 23.0 Å². The summed E-state index contributed by atoms with van der Waals surface area (Å²) in [6.07, 6.45) is 4.30.